The minimum Gasteiger partial charge on any atom is -0.338 e. The molecule has 19 heavy (non-hydrogen) atoms. The molecule has 1 aliphatic heterocycles. The second-order valence-corrected chi connectivity index (χ2v) is 7.35. The topological polar surface area (TPSA) is 83.7 Å². The molecule has 0 aliphatic carbocycles. The van der Waals surface area contributed by atoms with Gasteiger partial charge in [0.2, 0.25) is 15.9 Å². The number of sulfonamides is 1. The number of piperazine rings is 1. The Kier molecular flexibility index (Phi) is 5.34. The molecule has 112 valence electrons. The molecule has 0 bridgehead atoms. The van der Waals surface area contributed by atoms with Gasteiger partial charge in [-0.25, -0.2) is 8.42 Å². The van der Waals surface area contributed by atoms with Crippen LogP contribution in [0.2, 0.25) is 0 Å². The molecule has 0 saturated carbocycles. The highest BCUT2D eigenvalue weighted by atomic mass is 32.2. The van der Waals surface area contributed by atoms with Gasteiger partial charge in [0, 0.05) is 25.7 Å². The van der Waals surface area contributed by atoms with E-state index >= 15 is 0 Å². The van der Waals surface area contributed by atoms with Crippen LogP contribution in [0.15, 0.2) is 0 Å². The Bertz CT molecular complexity index is 424. The zero-order chi connectivity index (χ0) is 14.8. The third kappa shape index (κ3) is 3.90. The summed E-state index contributed by atoms with van der Waals surface area (Å²) in [7, 11) is -3.20. The molecule has 0 radical (unpaired) electrons. The van der Waals surface area contributed by atoms with Gasteiger partial charge in [0.25, 0.3) is 0 Å². The first-order valence-electron chi connectivity index (χ1n) is 6.69. The van der Waals surface area contributed by atoms with E-state index in [1.165, 1.54) is 10.6 Å². The third-order valence-electron chi connectivity index (χ3n) is 3.85. The number of hydrogen-bond acceptors (Lipinski definition) is 4. The van der Waals surface area contributed by atoms with Crippen molar-refractivity contribution in [2.45, 2.75) is 39.3 Å². The van der Waals surface area contributed by atoms with Gasteiger partial charge in [-0.15, -0.1) is 0 Å². The highest BCUT2D eigenvalue weighted by molar-refractivity contribution is 7.88. The lowest BCUT2D eigenvalue weighted by Gasteiger charge is -2.39. The molecule has 1 saturated heterocycles. The van der Waals surface area contributed by atoms with Crippen LogP contribution in [0.3, 0.4) is 0 Å². The van der Waals surface area contributed by atoms with Gasteiger partial charge in [-0.2, -0.15) is 4.31 Å². The molecule has 1 aliphatic rings. The molecule has 3 atom stereocenters. The van der Waals surface area contributed by atoms with Gasteiger partial charge in [-0.05, 0) is 12.8 Å². The average molecular weight is 291 g/mol. The van der Waals surface area contributed by atoms with Crippen molar-refractivity contribution in [1.82, 2.24) is 9.21 Å². The second-order valence-electron chi connectivity index (χ2n) is 5.42. The van der Waals surface area contributed by atoms with Crippen LogP contribution in [-0.4, -0.2) is 61.5 Å². The molecular weight excluding hydrogens is 266 g/mol. The van der Waals surface area contributed by atoms with E-state index < -0.39 is 16.1 Å². The van der Waals surface area contributed by atoms with E-state index in [0.717, 1.165) is 6.42 Å². The molecule has 2 N–H and O–H groups in total. The largest absolute Gasteiger partial charge is 0.338 e. The summed E-state index contributed by atoms with van der Waals surface area (Å²) in [6, 6.07) is -0.696. The van der Waals surface area contributed by atoms with Gasteiger partial charge in [0.15, 0.2) is 0 Å². The van der Waals surface area contributed by atoms with Gasteiger partial charge in [0.1, 0.15) is 0 Å². The lowest BCUT2D eigenvalue weighted by Crippen LogP contribution is -2.58. The first kappa shape index (κ1) is 16.4. The molecule has 7 heteroatoms. The van der Waals surface area contributed by atoms with Crippen molar-refractivity contribution in [1.29, 1.82) is 0 Å². The van der Waals surface area contributed by atoms with Crippen LogP contribution in [0.5, 0.6) is 0 Å². The highest BCUT2D eigenvalue weighted by Crippen LogP contribution is 2.16. The number of carbonyl (C=O) groups is 1. The van der Waals surface area contributed by atoms with Gasteiger partial charge in [-0.1, -0.05) is 20.3 Å². The van der Waals surface area contributed by atoms with Gasteiger partial charge < -0.3 is 10.6 Å². The molecule has 0 unspecified atom stereocenters. The average Bonchev–Trinajstić information content (AvgIpc) is 2.34. The zero-order valence-corrected chi connectivity index (χ0v) is 13.0. The van der Waals surface area contributed by atoms with E-state index in [2.05, 4.69) is 0 Å². The number of amides is 1. The van der Waals surface area contributed by atoms with Crippen molar-refractivity contribution in [2.75, 3.05) is 25.9 Å². The molecule has 0 aromatic heterocycles. The van der Waals surface area contributed by atoms with E-state index in [-0.39, 0.29) is 17.9 Å². The summed E-state index contributed by atoms with van der Waals surface area (Å²) in [6.45, 7) is 6.95. The first-order chi connectivity index (χ1) is 8.68. The van der Waals surface area contributed by atoms with Crippen molar-refractivity contribution in [3.05, 3.63) is 0 Å². The van der Waals surface area contributed by atoms with E-state index in [4.69, 9.17) is 5.73 Å². The molecule has 6 nitrogen and oxygen atoms in total. The van der Waals surface area contributed by atoms with Gasteiger partial charge >= 0.3 is 0 Å². The van der Waals surface area contributed by atoms with Crippen LogP contribution in [0.1, 0.15) is 27.2 Å². The predicted molar refractivity (Wildman–Crippen MR) is 75.0 cm³/mol. The summed E-state index contributed by atoms with van der Waals surface area (Å²) in [5, 5.41) is 0. The highest BCUT2D eigenvalue weighted by Gasteiger charge is 2.34. The van der Waals surface area contributed by atoms with Crippen LogP contribution >= 0.6 is 0 Å². The fourth-order valence-electron chi connectivity index (χ4n) is 2.34. The first-order valence-corrected chi connectivity index (χ1v) is 8.54. The van der Waals surface area contributed by atoms with Crippen LogP contribution < -0.4 is 5.73 Å². The maximum absolute atomic E-state index is 12.2. The van der Waals surface area contributed by atoms with Crippen LogP contribution in [-0.2, 0) is 14.8 Å². The summed E-state index contributed by atoms with van der Waals surface area (Å²) in [5.74, 6) is 0.0603. The SMILES string of the molecule is CC[C@H](C)[C@@H](N)C(=O)N1CCN(S(C)(=O)=O)[C@@H](C)C1. The molecule has 0 aromatic carbocycles. The monoisotopic (exact) mass is 291 g/mol. The Morgan fingerprint density at radius 1 is 1.42 bits per heavy atom. The van der Waals surface area contributed by atoms with Crippen molar-refractivity contribution >= 4 is 15.9 Å². The maximum atomic E-state index is 12.2. The van der Waals surface area contributed by atoms with Crippen molar-refractivity contribution in [3.63, 3.8) is 0 Å². The Morgan fingerprint density at radius 3 is 2.42 bits per heavy atom. The van der Waals surface area contributed by atoms with Crippen molar-refractivity contribution in [3.8, 4) is 0 Å². The molecule has 1 amide bonds. The van der Waals surface area contributed by atoms with Crippen LogP contribution in [0.4, 0.5) is 0 Å². The fourth-order valence-corrected chi connectivity index (χ4v) is 3.48. The Labute approximate surface area is 116 Å². The smallest absolute Gasteiger partial charge is 0.239 e. The van der Waals surface area contributed by atoms with Crippen LogP contribution in [0, 0.1) is 5.92 Å². The molecule has 1 heterocycles. The standard InChI is InChI=1S/C12H25N3O3S/c1-5-9(2)11(13)12(16)14-6-7-15(10(3)8-14)19(4,17)18/h9-11H,5-8,13H2,1-4H3/t9-,10-,11+/m0/s1. The van der Waals surface area contributed by atoms with Crippen LogP contribution in [0.25, 0.3) is 0 Å². The summed E-state index contributed by atoms with van der Waals surface area (Å²) in [4.78, 5) is 13.9. The van der Waals surface area contributed by atoms with Gasteiger partial charge in [0.05, 0.1) is 12.3 Å². The normalized spacial score (nSPS) is 25.1. The summed E-state index contributed by atoms with van der Waals surface area (Å²) in [5.41, 5.74) is 5.94. The van der Waals surface area contributed by atoms with E-state index in [0.29, 0.717) is 19.6 Å². The van der Waals surface area contributed by atoms with Crippen molar-refractivity contribution in [2.24, 2.45) is 11.7 Å². The third-order valence-corrected chi connectivity index (χ3v) is 5.24. The Hall–Kier alpha value is -0.660. The minimum absolute atomic E-state index is 0.0747. The summed E-state index contributed by atoms with van der Waals surface area (Å²) < 4.78 is 24.6. The summed E-state index contributed by atoms with van der Waals surface area (Å²) in [6.07, 6.45) is 2.05. The Balaban J connectivity index is 2.69. The minimum atomic E-state index is -3.20. The summed E-state index contributed by atoms with van der Waals surface area (Å²) >= 11 is 0. The number of nitrogens with two attached hydrogens (primary N) is 1. The Morgan fingerprint density at radius 2 is 2.00 bits per heavy atom. The number of hydrogen-bond donors (Lipinski definition) is 1. The van der Waals surface area contributed by atoms with E-state index in [1.54, 1.807) is 4.90 Å². The number of nitrogens with zero attached hydrogens (tertiary/aromatic N) is 2. The molecular formula is C12H25N3O3S. The lowest BCUT2D eigenvalue weighted by molar-refractivity contribution is -0.135. The maximum Gasteiger partial charge on any atom is 0.239 e. The quantitative estimate of drug-likeness (QED) is 0.781. The predicted octanol–water partition coefficient (Wildman–Crippen LogP) is -0.148. The van der Waals surface area contributed by atoms with E-state index in [1.807, 2.05) is 20.8 Å². The van der Waals surface area contributed by atoms with Crippen molar-refractivity contribution < 1.29 is 13.2 Å². The van der Waals surface area contributed by atoms with E-state index in [9.17, 15) is 13.2 Å². The fraction of sp³-hybridized carbons (Fsp3) is 0.917. The molecule has 0 spiro atoms. The second kappa shape index (κ2) is 6.19. The molecule has 0 aromatic rings. The molecule has 1 rings (SSSR count). The lowest BCUT2D eigenvalue weighted by atomic mass is 9.98. The van der Waals surface area contributed by atoms with Gasteiger partial charge in [-0.3, -0.25) is 4.79 Å². The number of carbonyl (C=O) groups excluding carboxylic acids is 1. The zero-order valence-electron chi connectivity index (χ0n) is 12.2. The molecule has 1 fully saturated rings. The number of rotatable bonds is 4.